The van der Waals surface area contributed by atoms with Gasteiger partial charge in [0.05, 0.1) is 12.8 Å². The Morgan fingerprint density at radius 2 is 1.78 bits per heavy atom. The van der Waals surface area contributed by atoms with Gasteiger partial charge in [-0.3, -0.25) is 14.5 Å². The number of hydrogen-bond donors (Lipinski definition) is 0. The van der Waals surface area contributed by atoms with Crippen LogP contribution in [0, 0.1) is 0 Å². The lowest BCUT2D eigenvalue weighted by molar-refractivity contribution is -0.131. The van der Waals surface area contributed by atoms with E-state index in [2.05, 4.69) is 9.88 Å². The minimum Gasteiger partial charge on any atom is -0.495 e. The molecule has 7 heteroatoms. The molecule has 1 saturated heterocycles. The summed E-state index contributed by atoms with van der Waals surface area (Å²) in [6, 6.07) is 13.0. The maximum absolute atomic E-state index is 12.8. The largest absolute Gasteiger partial charge is 0.495 e. The molecule has 0 unspecified atom stereocenters. The summed E-state index contributed by atoms with van der Waals surface area (Å²) in [4.78, 5) is 34.7. The standard InChI is InChI=1S/C20H24N4O3/c1-16(25)24(17-7-3-4-8-18(17)27-2)15-20(26)23-13-11-22(12-14-23)19-9-5-6-10-21-19/h3-10H,11-15H2,1-2H3. The lowest BCUT2D eigenvalue weighted by Gasteiger charge is -2.36. The van der Waals surface area contributed by atoms with Crippen LogP contribution in [0.3, 0.4) is 0 Å². The van der Waals surface area contributed by atoms with E-state index in [0.29, 0.717) is 24.5 Å². The molecular weight excluding hydrogens is 344 g/mol. The molecule has 1 aromatic carbocycles. The normalized spacial score (nSPS) is 14.0. The van der Waals surface area contributed by atoms with Crippen molar-refractivity contribution in [2.45, 2.75) is 6.92 Å². The molecule has 1 aliphatic heterocycles. The maximum atomic E-state index is 12.8. The van der Waals surface area contributed by atoms with E-state index >= 15 is 0 Å². The molecule has 1 aliphatic rings. The van der Waals surface area contributed by atoms with Gasteiger partial charge in [-0.15, -0.1) is 0 Å². The van der Waals surface area contributed by atoms with Crippen LogP contribution in [0.2, 0.25) is 0 Å². The van der Waals surface area contributed by atoms with Gasteiger partial charge >= 0.3 is 0 Å². The Bertz CT molecular complexity index is 789. The molecule has 0 N–H and O–H groups in total. The van der Waals surface area contributed by atoms with Crippen LogP contribution in [0.5, 0.6) is 5.75 Å². The van der Waals surface area contributed by atoms with Gasteiger partial charge in [-0.25, -0.2) is 4.98 Å². The number of rotatable bonds is 5. The molecule has 2 aromatic rings. The predicted octanol–water partition coefficient (Wildman–Crippen LogP) is 1.79. The van der Waals surface area contributed by atoms with Gasteiger partial charge in [0.1, 0.15) is 18.1 Å². The van der Waals surface area contributed by atoms with Crippen molar-refractivity contribution in [2.24, 2.45) is 0 Å². The van der Waals surface area contributed by atoms with Crippen LogP contribution in [-0.4, -0.2) is 61.5 Å². The number of amides is 2. The fourth-order valence-electron chi connectivity index (χ4n) is 3.18. The van der Waals surface area contributed by atoms with E-state index in [9.17, 15) is 9.59 Å². The lowest BCUT2D eigenvalue weighted by Crippen LogP contribution is -2.52. The molecule has 7 nitrogen and oxygen atoms in total. The summed E-state index contributed by atoms with van der Waals surface area (Å²) in [6.45, 7) is 4.10. The van der Waals surface area contributed by atoms with Gasteiger partial charge in [0.15, 0.2) is 0 Å². The summed E-state index contributed by atoms with van der Waals surface area (Å²) in [5, 5.41) is 0. The van der Waals surface area contributed by atoms with Crippen LogP contribution < -0.4 is 14.5 Å². The number of carbonyl (C=O) groups is 2. The number of hydrogen-bond acceptors (Lipinski definition) is 5. The van der Waals surface area contributed by atoms with Gasteiger partial charge in [0.2, 0.25) is 11.8 Å². The van der Waals surface area contributed by atoms with E-state index in [-0.39, 0.29) is 18.4 Å². The van der Waals surface area contributed by atoms with Crippen LogP contribution in [-0.2, 0) is 9.59 Å². The summed E-state index contributed by atoms with van der Waals surface area (Å²) >= 11 is 0. The summed E-state index contributed by atoms with van der Waals surface area (Å²) < 4.78 is 5.33. The Balaban J connectivity index is 1.64. The van der Waals surface area contributed by atoms with Crippen LogP contribution in [0.25, 0.3) is 0 Å². The number of piperazine rings is 1. The molecule has 0 atom stereocenters. The molecule has 27 heavy (non-hydrogen) atoms. The third-order valence-corrected chi connectivity index (χ3v) is 4.66. The van der Waals surface area contributed by atoms with Crippen molar-refractivity contribution in [1.82, 2.24) is 9.88 Å². The smallest absolute Gasteiger partial charge is 0.242 e. The average molecular weight is 368 g/mol. The van der Waals surface area contributed by atoms with Crippen molar-refractivity contribution in [3.63, 3.8) is 0 Å². The Morgan fingerprint density at radius 1 is 1.07 bits per heavy atom. The Kier molecular flexibility index (Phi) is 5.90. The van der Waals surface area contributed by atoms with Crippen molar-refractivity contribution in [1.29, 1.82) is 0 Å². The highest BCUT2D eigenvalue weighted by Crippen LogP contribution is 2.27. The third kappa shape index (κ3) is 4.36. The quantitative estimate of drug-likeness (QED) is 0.805. The minimum atomic E-state index is -0.194. The average Bonchev–Trinajstić information content (AvgIpc) is 2.72. The first-order valence-electron chi connectivity index (χ1n) is 8.95. The fraction of sp³-hybridized carbons (Fsp3) is 0.350. The number of ether oxygens (including phenoxy) is 1. The van der Waals surface area contributed by atoms with Crippen molar-refractivity contribution in [2.75, 3.05) is 49.6 Å². The van der Waals surface area contributed by atoms with Crippen molar-refractivity contribution < 1.29 is 14.3 Å². The molecule has 0 spiro atoms. The molecule has 2 amide bonds. The molecule has 3 rings (SSSR count). The molecule has 1 aromatic heterocycles. The summed E-state index contributed by atoms with van der Waals surface area (Å²) in [6.07, 6.45) is 1.77. The third-order valence-electron chi connectivity index (χ3n) is 4.66. The second-order valence-corrected chi connectivity index (χ2v) is 6.33. The van der Waals surface area contributed by atoms with E-state index < -0.39 is 0 Å². The zero-order valence-electron chi connectivity index (χ0n) is 15.7. The zero-order valence-corrected chi connectivity index (χ0v) is 15.7. The first kappa shape index (κ1) is 18.7. The number of pyridine rings is 1. The van der Waals surface area contributed by atoms with Gasteiger partial charge in [-0.05, 0) is 24.3 Å². The number of para-hydroxylation sites is 2. The zero-order chi connectivity index (χ0) is 19.2. The Hall–Kier alpha value is -3.09. The van der Waals surface area contributed by atoms with Crippen molar-refractivity contribution in [3.8, 4) is 5.75 Å². The van der Waals surface area contributed by atoms with Gasteiger partial charge in [0, 0.05) is 39.3 Å². The summed E-state index contributed by atoms with van der Waals surface area (Å²) in [5.74, 6) is 1.22. The molecule has 0 aliphatic carbocycles. The maximum Gasteiger partial charge on any atom is 0.242 e. The first-order chi connectivity index (χ1) is 13.1. The summed E-state index contributed by atoms with van der Waals surface area (Å²) in [5.41, 5.74) is 0.605. The lowest BCUT2D eigenvalue weighted by atomic mass is 10.2. The van der Waals surface area contributed by atoms with E-state index in [1.54, 1.807) is 30.3 Å². The highest BCUT2D eigenvalue weighted by Gasteiger charge is 2.25. The van der Waals surface area contributed by atoms with Gasteiger partial charge < -0.3 is 14.5 Å². The van der Waals surface area contributed by atoms with Crippen LogP contribution in [0.4, 0.5) is 11.5 Å². The summed E-state index contributed by atoms with van der Waals surface area (Å²) in [7, 11) is 1.55. The fourth-order valence-corrected chi connectivity index (χ4v) is 3.18. The second kappa shape index (κ2) is 8.53. The number of benzene rings is 1. The SMILES string of the molecule is COc1ccccc1N(CC(=O)N1CCN(c2ccccn2)CC1)C(C)=O. The molecule has 0 saturated carbocycles. The van der Waals surface area contributed by atoms with Crippen molar-refractivity contribution >= 4 is 23.3 Å². The van der Waals surface area contributed by atoms with Crippen LogP contribution in [0.1, 0.15) is 6.92 Å². The molecule has 1 fully saturated rings. The van der Waals surface area contributed by atoms with Gasteiger partial charge in [-0.1, -0.05) is 18.2 Å². The molecule has 2 heterocycles. The number of nitrogens with zero attached hydrogens (tertiary/aromatic N) is 4. The van der Waals surface area contributed by atoms with Gasteiger partial charge in [-0.2, -0.15) is 0 Å². The van der Waals surface area contributed by atoms with Gasteiger partial charge in [0.25, 0.3) is 0 Å². The first-order valence-corrected chi connectivity index (χ1v) is 8.95. The Morgan fingerprint density at radius 3 is 2.41 bits per heavy atom. The highest BCUT2D eigenvalue weighted by molar-refractivity contribution is 5.98. The van der Waals surface area contributed by atoms with Crippen LogP contribution >= 0.6 is 0 Å². The molecule has 142 valence electrons. The van der Waals surface area contributed by atoms with E-state index in [1.807, 2.05) is 30.3 Å². The molecular formula is C20H24N4O3. The van der Waals surface area contributed by atoms with E-state index in [0.717, 1.165) is 18.9 Å². The highest BCUT2D eigenvalue weighted by atomic mass is 16.5. The van der Waals surface area contributed by atoms with E-state index in [1.165, 1.54) is 11.8 Å². The number of aromatic nitrogens is 1. The second-order valence-electron chi connectivity index (χ2n) is 6.33. The number of anilines is 2. The topological polar surface area (TPSA) is 66.0 Å². The van der Waals surface area contributed by atoms with E-state index in [4.69, 9.17) is 4.74 Å². The Labute approximate surface area is 159 Å². The van der Waals surface area contributed by atoms with Crippen LogP contribution in [0.15, 0.2) is 48.7 Å². The van der Waals surface area contributed by atoms with Crippen molar-refractivity contribution in [3.05, 3.63) is 48.7 Å². The number of methoxy groups -OCH3 is 1. The minimum absolute atomic E-state index is 0.000701. The molecule has 0 radical (unpaired) electrons. The molecule has 0 bridgehead atoms. The monoisotopic (exact) mass is 368 g/mol. The predicted molar refractivity (Wildman–Crippen MR) is 104 cm³/mol. The number of carbonyl (C=O) groups excluding carboxylic acids is 2.